The average molecular weight is 167 g/mol. The maximum atomic E-state index is 3.51. The Bertz CT molecular complexity index is 140. The van der Waals surface area contributed by atoms with Gasteiger partial charge in [-0.3, -0.25) is 0 Å². The second-order valence-corrected chi connectivity index (χ2v) is 4.75. The van der Waals surface area contributed by atoms with E-state index >= 15 is 0 Å². The predicted octanol–water partition coefficient (Wildman–Crippen LogP) is 2.42. The normalized spacial score (nSPS) is 36.8. The molecule has 0 bridgehead atoms. The highest BCUT2D eigenvalue weighted by Crippen LogP contribution is 2.36. The second-order valence-electron chi connectivity index (χ2n) is 4.75. The molecule has 12 heavy (non-hydrogen) atoms. The summed E-state index contributed by atoms with van der Waals surface area (Å²) >= 11 is 0. The number of rotatable bonds is 3. The van der Waals surface area contributed by atoms with Crippen LogP contribution >= 0.6 is 0 Å². The highest BCUT2D eigenvalue weighted by Gasteiger charge is 2.25. The zero-order chi connectivity index (χ0) is 8.39. The molecule has 0 aromatic rings. The Kier molecular flexibility index (Phi) is 2.69. The fourth-order valence-electron chi connectivity index (χ4n) is 2.30. The molecule has 1 aliphatic carbocycles. The van der Waals surface area contributed by atoms with Crippen LogP contribution in [0.25, 0.3) is 0 Å². The minimum atomic E-state index is 0.977. The summed E-state index contributed by atoms with van der Waals surface area (Å²) in [4.78, 5) is 0. The van der Waals surface area contributed by atoms with Crippen molar-refractivity contribution in [1.29, 1.82) is 0 Å². The summed E-state index contributed by atoms with van der Waals surface area (Å²) in [5.74, 6) is 3.09. The maximum Gasteiger partial charge on any atom is -0.00180 e. The number of hydrogen-bond acceptors (Lipinski definition) is 1. The molecule has 70 valence electrons. The molecule has 1 heteroatoms. The van der Waals surface area contributed by atoms with Crippen LogP contribution in [0.3, 0.4) is 0 Å². The van der Waals surface area contributed by atoms with Crippen molar-refractivity contribution in [3.63, 3.8) is 0 Å². The molecule has 2 rings (SSSR count). The van der Waals surface area contributed by atoms with Gasteiger partial charge in [0.2, 0.25) is 0 Å². The first-order valence-electron chi connectivity index (χ1n) is 5.57. The highest BCUT2D eigenvalue weighted by molar-refractivity contribution is 4.79. The third-order valence-corrected chi connectivity index (χ3v) is 3.63. The molecule has 1 heterocycles. The predicted molar refractivity (Wildman–Crippen MR) is 52.1 cm³/mol. The van der Waals surface area contributed by atoms with E-state index in [4.69, 9.17) is 0 Å². The van der Waals surface area contributed by atoms with Crippen LogP contribution in [0.1, 0.15) is 39.0 Å². The van der Waals surface area contributed by atoms with Crippen LogP contribution in [0.4, 0.5) is 0 Å². The summed E-state index contributed by atoms with van der Waals surface area (Å²) in [6.45, 7) is 4.97. The van der Waals surface area contributed by atoms with Gasteiger partial charge < -0.3 is 5.32 Å². The van der Waals surface area contributed by atoms with Gasteiger partial charge in [-0.15, -0.1) is 0 Å². The summed E-state index contributed by atoms with van der Waals surface area (Å²) in [7, 11) is 0. The maximum absolute atomic E-state index is 3.51. The molecule has 2 aliphatic rings. The Morgan fingerprint density at radius 3 is 2.67 bits per heavy atom. The molecular weight excluding hydrogens is 146 g/mol. The lowest BCUT2D eigenvalue weighted by molar-refractivity contribution is 0.252. The SMILES string of the molecule is CC1CCNCC1CCC1CC1. The largest absolute Gasteiger partial charge is 0.316 e. The van der Waals surface area contributed by atoms with Crippen LogP contribution in [-0.4, -0.2) is 13.1 Å². The van der Waals surface area contributed by atoms with Crippen molar-refractivity contribution >= 4 is 0 Å². The molecule has 0 radical (unpaired) electrons. The molecule has 1 saturated heterocycles. The van der Waals surface area contributed by atoms with Crippen LogP contribution in [0.5, 0.6) is 0 Å². The van der Waals surface area contributed by atoms with E-state index in [1.165, 1.54) is 45.2 Å². The molecule has 0 spiro atoms. The minimum absolute atomic E-state index is 0.977. The Labute approximate surface area is 75.9 Å². The first kappa shape index (κ1) is 8.55. The lowest BCUT2D eigenvalue weighted by Gasteiger charge is -2.29. The first-order valence-corrected chi connectivity index (χ1v) is 5.57. The molecule has 1 saturated carbocycles. The number of piperidine rings is 1. The van der Waals surface area contributed by atoms with E-state index in [2.05, 4.69) is 12.2 Å². The molecular formula is C11H21N. The van der Waals surface area contributed by atoms with Crippen molar-refractivity contribution in [2.45, 2.75) is 39.0 Å². The van der Waals surface area contributed by atoms with E-state index in [0.717, 1.165) is 17.8 Å². The van der Waals surface area contributed by atoms with E-state index in [1.807, 2.05) is 0 Å². The lowest BCUT2D eigenvalue weighted by atomic mass is 9.84. The van der Waals surface area contributed by atoms with E-state index in [-0.39, 0.29) is 0 Å². The van der Waals surface area contributed by atoms with Gasteiger partial charge in [0.1, 0.15) is 0 Å². The van der Waals surface area contributed by atoms with Gasteiger partial charge in [0.15, 0.2) is 0 Å². The molecule has 1 nitrogen and oxygen atoms in total. The Hall–Kier alpha value is -0.0400. The fraction of sp³-hybridized carbons (Fsp3) is 1.00. The summed E-state index contributed by atoms with van der Waals surface area (Å²) in [5.41, 5.74) is 0. The molecule has 1 aliphatic heterocycles. The second kappa shape index (κ2) is 3.78. The van der Waals surface area contributed by atoms with Gasteiger partial charge in [-0.2, -0.15) is 0 Å². The van der Waals surface area contributed by atoms with E-state index < -0.39 is 0 Å². The first-order chi connectivity index (χ1) is 5.86. The van der Waals surface area contributed by atoms with Crippen LogP contribution in [0.15, 0.2) is 0 Å². The van der Waals surface area contributed by atoms with E-state index in [9.17, 15) is 0 Å². The topological polar surface area (TPSA) is 12.0 Å². The summed E-state index contributed by atoms with van der Waals surface area (Å²) in [6, 6.07) is 0. The Morgan fingerprint density at radius 1 is 1.17 bits per heavy atom. The van der Waals surface area contributed by atoms with Crippen LogP contribution in [0.2, 0.25) is 0 Å². The van der Waals surface area contributed by atoms with Gasteiger partial charge in [0.25, 0.3) is 0 Å². The van der Waals surface area contributed by atoms with Crippen LogP contribution < -0.4 is 5.32 Å². The van der Waals surface area contributed by atoms with Crippen molar-refractivity contribution < 1.29 is 0 Å². The van der Waals surface area contributed by atoms with Gasteiger partial charge in [-0.1, -0.05) is 26.2 Å². The molecule has 2 atom stereocenters. The smallest absolute Gasteiger partial charge is 0.00180 e. The van der Waals surface area contributed by atoms with E-state index in [1.54, 1.807) is 0 Å². The zero-order valence-corrected chi connectivity index (χ0v) is 8.18. The van der Waals surface area contributed by atoms with Crippen molar-refractivity contribution in [2.75, 3.05) is 13.1 Å². The third-order valence-electron chi connectivity index (χ3n) is 3.63. The van der Waals surface area contributed by atoms with Gasteiger partial charge in [-0.25, -0.2) is 0 Å². The Morgan fingerprint density at radius 2 is 2.00 bits per heavy atom. The summed E-state index contributed by atoms with van der Waals surface area (Å²) < 4.78 is 0. The van der Waals surface area contributed by atoms with Crippen molar-refractivity contribution in [3.05, 3.63) is 0 Å². The fourth-order valence-corrected chi connectivity index (χ4v) is 2.30. The zero-order valence-electron chi connectivity index (χ0n) is 8.18. The van der Waals surface area contributed by atoms with Gasteiger partial charge in [0.05, 0.1) is 0 Å². The van der Waals surface area contributed by atoms with Crippen molar-refractivity contribution in [2.24, 2.45) is 17.8 Å². The molecule has 0 amide bonds. The molecule has 2 unspecified atom stereocenters. The number of hydrogen-bond donors (Lipinski definition) is 1. The molecule has 0 aromatic carbocycles. The summed E-state index contributed by atoms with van der Waals surface area (Å²) in [5, 5.41) is 3.51. The van der Waals surface area contributed by atoms with Crippen molar-refractivity contribution in [3.8, 4) is 0 Å². The molecule has 1 N–H and O–H groups in total. The molecule has 0 aromatic heterocycles. The van der Waals surface area contributed by atoms with Gasteiger partial charge in [0, 0.05) is 0 Å². The van der Waals surface area contributed by atoms with Crippen molar-refractivity contribution in [1.82, 2.24) is 5.32 Å². The average Bonchev–Trinajstić information content (AvgIpc) is 2.86. The third kappa shape index (κ3) is 2.22. The lowest BCUT2D eigenvalue weighted by Crippen LogP contribution is -2.35. The highest BCUT2D eigenvalue weighted by atomic mass is 14.9. The van der Waals surface area contributed by atoms with Gasteiger partial charge >= 0.3 is 0 Å². The van der Waals surface area contributed by atoms with Crippen LogP contribution in [0, 0.1) is 17.8 Å². The molecule has 2 fully saturated rings. The van der Waals surface area contributed by atoms with Crippen LogP contribution in [-0.2, 0) is 0 Å². The standard InChI is InChI=1S/C11H21N/c1-9-6-7-12-8-11(9)5-4-10-2-3-10/h9-12H,2-8H2,1H3. The summed E-state index contributed by atoms with van der Waals surface area (Å²) in [6.07, 6.45) is 7.44. The quantitative estimate of drug-likeness (QED) is 0.680. The van der Waals surface area contributed by atoms with E-state index in [0.29, 0.717) is 0 Å². The number of nitrogens with one attached hydrogen (secondary N) is 1. The Balaban J connectivity index is 1.68. The minimum Gasteiger partial charge on any atom is -0.316 e. The monoisotopic (exact) mass is 167 g/mol. The van der Waals surface area contributed by atoms with Gasteiger partial charge in [-0.05, 0) is 43.7 Å².